The topological polar surface area (TPSA) is 35.9 Å². The van der Waals surface area contributed by atoms with Crippen molar-refractivity contribution in [1.29, 1.82) is 0 Å². The van der Waals surface area contributed by atoms with Gasteiger partial charge in [-0.2, -0.15) is 0 Å². The quantitative estimate of drug-likeness (QED) is 0.607. The SMILES string of the molecule is C=CCOCC(O)CN1CCN(c2cccc(Cl)c2)CC1.Cl. The van der Waals surface area contributed by atoms with Gasteiger partial charge in [-0.05, 0) is 18.2 Å². The van der Waals surface area contributed by atoms with Crippen LogP contribution in [0.1, 0.15) is 0 Å². The van der Waals surface area contributed by atoms with Crippen LogP contribution in [-0.2, 0) is 4.74 Å². The molecule has 0 radical (unpaired) electrons. The molecule has 1 aromatic rings. The maximum absolute atomic E-state index is 9.92. The van der Waals surface area contributed by atoms with Crippen LogP contribution in [0.15, 0.2) is 36.9 Å². The summed E-state index contributed by atoms with van der Waals surface area (Å²) in [6, 6.07) is 7.94. The maximum Gasteiger partial charge on any atom is 0.0900 e. The largest absolute Gasteiger partial charge is 0.389 e. The predicted molar refractivity (Wildman–Crippen MR) is 94.4 cm³/mol. The first-order chi connectivity index (χ1) is 10.2. The van der Waals surface area contributed by atoms with E-state index in [0.717, 1.165) is 36.9 Å². The number of anilines is 1. The minimum Gasteiger partial charge on any atom is -0.389 e. The number of aliphatic hydroxyl groups excluding tert-OH is 1. The lowest BCUT2D eigenvalue weighted by atomic mass is 10.2. The minimum absolute atomic E-state index is 0. The number of benzene rings is 1. The highest BCUT2D eigenvalue weighted by atomic mass is 35.5. The van der Waals surface area contributed by atoms with Crippen molar-refractivity contribution in [3.8, 4) is 0 Å². The van der Waals surface area contributed by atoms with Crippen LogP contribution in [0.5, 0.6) is 0 Å². The summed E-state index contributed by atoms with van der Waals surface area (Å²) in [6.07, 6.45) is 1.25. The first kappa shape index (κ1) is 19.3. The molecule has 2 rings (SSSR count). The van der Waals surface area contributed by atoms with Crippen LogP contribution in [0, 0.1) is 0 Å². The third kappa shape index (κ3) is 6.15. The first-order valence-electron chi connectivity index (χ1n) is 7.28. The molecular formula is C16H24Cl2N2O2. The van der Waals surface area contributed by atoms with E-state index in [9.17, 15) is 5.11 Å². The van der Waals surface area contributed by atoms with Crippen molar-refractivity contribution in [2.24, 2.45) is 0 Å². The Morgan fingerprint density at radius 3 is 2.68 bits per heavy atom. The van der Waals surface area contributed by atoms with Crippen molar-refractivity contribution in [1.82, 2.24) is 4.90 Å². The lowest BCUT2D eigenvalue weighted by molar-refractivity contribution is 0.0252. The highest BCUT2D eigenvalue weighted by Gasteiger charge is 2.19. The molecule has 1 aliphatic rings. The van der Waals surface area contributed by atoms with E-state index in [0.29, 0.717) is 19.8 Å². The van der Waals surface area contributed by atoms with Gasteiger partial charge >= 0.3 is 0 Å². The van der Waals surface area contributed by atoms with Crippen molar-refractivity contribution in [3.05, 3.63) is 41.9 Å². The molecule has 1 aromatic carbocycles. The summed E-state index contributed by atoms with van der Waals surface area (Å²) in [6.45, 7) is 8.85. The molecule has 4 nitrogen and oxygen atoms in total. The monoisotopic (exact) mass is 346 g/mol. The van der Waals surface area contributed by atoms with Crippen LogP contribution in [0.25, 0.3) is 0 Å². The van der Waals surface area contributed by atoms with Crippen LogP contribution in [-0.4, -0.2) is 62.0 Å². The Morgan fingerprint density at radius 2 is 2.05 bits per heavy atom. The number of aliphatic hydroxyl groups is 1. The molecule has 0 spiro atoms. The van der Waals surface area contributed by atoms with Crippen LogP contribution >= 0.6 is 24.0 Å². The molecule has 0 amide bonds. The number of ether oxygens (including phenoxy) is 1. The Balaban J connectivity index is 0.00000242. The second-order valence-electron chi connectivity index (χ2n) is 5.25. The summed E-state index contributed by atoms with van der Waals surface area (Å²) in [5.41, 5.74) is 1.16. The van der Waals surface area contributed by atoms with Gasteiger partial charge in [-0.1, -0.05) is 23.7 Å². The molecule has 0 saturated carbocycles. The molecule has 124 valence electrons. The van der Waals surface area contributed by atoms with Gasteiger partial charge < -0.3 is 14.7 Å². The fourth-order valence-electron chi connectivity index (χ4n) is 2.50. The Bertz CT molecular complexity index is 452. The summed E-state index contributed by atoms with van der Waals surface area (Å²) in [7, 11) is 0. The number of hydrogen-bond acceptors (Lipinski definition) is 4. The average Bonchev–Trinajstić information content (AvgIpc) is 2.48. The van der Waals surface area contributed by atoms with Gasteiger partial charge in [-0.3, -0.25) is 4.90 Å². The van der Waals surface area contributed by atoms with Crippen molar-refractivity contribution in [2.45, 2.75) is 6.10 Å². The summed E-state index contributed by atoms with van der Waals surface area (Å²) in [5, 5.41) is 10.7. The van der Waals surface area contributed by atoms with E-state index in [2.05, 4.69) is 22.4 Å². The molecule has 1 saturated heterocycles. The third-order valence-corrected chi connectivity index (χ3v) is 3.80. The van der Waals surface area contributed by atoms with E-state index in [4.69, 9.17) is 16.3 Å². The molecule has 1 aliphatic heterocycles. The molecule has 1 unspecified atom stereocenters. The van der Waals surface area contributed by atoms with Gasteiger partial charge in [0.25, 0.3) is 0 Å². The fourth-order valence-corrected chi connectivity index (χ4v) is 2.68. The number of piperazine rings is 1. The highest BCUT2D eigenvalue weighted by Crippen LogP contribution is 2.20. The summed E-state index contributed by atoms with van der Waals surface area (Å²) in [5.74, 6) is 0. The van der Waals surface area contributed by atoms with Gasteiger partial charge in [-0.15, -0.1) is 19.0 Å². The first-order valence-corrected chi connectivity index (χ1v) is 7.66. The average molecular weight is 347 g/mol. The van der Waals surface area contributed by atoms with E-state index in [-0.39, 0.29) is 12.4 Å². The van der Waals surface area contributed by atoms with Gasteiger partial charge in [-0.25, -0.2) is 0 Å². The molecule has 0 aliphatic carbocycles. The van der Waals surface area contributed by atoms with Crippen LogP contribution in [0.2, 0.25) is 5.02 Å². The van der Waals surface area contributed by atoms with Gasteiger partial charge in [0.1, 0.15) is 0 Å². The van der Waals surface area contributed by atoms with E-state index >= 15 is 0 Å². The lowest BCUT2D eigenvalue weighted by Gasteiger charge is -2.36. The van der Waals surface area contributed by atoms with E-state index < -0.39 is 6.10 Å². The Kier molecular flexibility index (Phi) is 8.83. The van der Waals surface area contributed by atoms with Gasteiger partial charge in [0, 0.05) is 43.4 Å². The van der Waals surface area contributed by atoms with Gasteiger partial charge in [0.05, 0.1) is 19.3 Å². The van der Waals surface area contributed by atoms with Crippen molar-refractivity contribution < 1.29 is 9.84 Å². The van der Waals surface area contributed by atoms with Crippen molar-refractivity contribution in [3.63, 3.8) is 0 Å². The molecule has 0 aromatic heterocycles. The summed E-state index contributed by atoms with van der Waals surface area (Å²) < 4.78 is 5.27. The van der Waals surface area contributed by atoms with Gasteiger partial charge in [0.15, 0.2) is 0 Å². The van der Waals surface area contributed by atoms with Crippen LogP contribution in [0.3, 0.4) is 0 Å². The molecule has 1 fully saturated rings. The number of β-amino-alcohol motifs (C(OH)–C–C–N with tert-alkyl or cyclic N) is 1. The summed E-state index contributed by atoms with van der Waals surface area (Å²) in [4.78, 5) is 4.59. The molecule has 1 heterocycles. The second-order valence-corrected chi connectivity index (χ2v) is 5.68. The number of rotatable bonds is 7. The molecule has 1 atom stereocenters. The highest BCUT2D eigenvalue weighted by molar-refractivity contribution is 6.30. The number of nitrogens with zero attached hydrogens (tertiary/aromatic N) is 2. The normalized spacial score (nSPS) is 16.9. The third-order valence-electron chi connectivity index (χ3n) is 3.56. The van der Waals surface area contributed by atoms with Crippen molar-refractivity contribution >= 4 is 29.7 Å². The van der Waals surface area contributed by atoms with Gasteiger partial charge in [0.2, 0.25) is 0 Å². The molecule has 0 bridgehead atoms. The van der Waals surface area contributed by atoms with E-state index in [1.165, 1.54) is 0 Å². The standard InChI is InChI=1S/C16H23ClN2O2.ClH/c1-2-10-21-13-16(20)12-18-6-8-19(9-7-18)15-5-3-4-14(17)11-15;/h2-5,11,16,20H,1,6-10,12-13H2;1H. The second kappa shape index (κ2) is 10.1. The summed E-state index contributed by atoms with van der Waals surface area (Å²) >= 11 is 6.03. The zero-order chi connectivity index (χ0) is 15.1. The maximum atomic E-state index is 9.92. The van der Waals surface area contributed by atoms with E-state index in [1.807, 2.05) is 18.2 Å². The molecule has 1 N–H and O–H groups in total. The minimum atomic E-state index is -0.442. The zero-order valence-electron chi connectivity index (χ0n) is 12.7. The lowest BCUT2D eigenvalue weighted by Crippen LogP contribution is -2.49. The van der Waals surface area contributed by atoms with E-state index in [1.54, 1.807) is 6.08 Å². The molecule has 22 heavy (non-hydrogen) atoms. The smallest absolute Gasteiger partial charge is 0.0900 e. The van der Waals surface area contributed by atoms with Crippen LogP contribution in [0.4, 0.5) is 5.69 Å². The number of hydrogen-bond donors (Lipinski definition) is 1. The fraction of sp³-hybridized carbons (Fsp3) is 0.500. The Hall–Kier alpha value is -0.780. The Labute approximate surface area is 143 Å². The van der Waals surface area contributed by atoms with Crippen LogP contribution < -0.4 is 4.90 Å². The predicted octanol–water partition coefficient (Wildman–Crippen LogP) is 2.45. The Morgan fingerprint density at radius 1 is 1.32 bits per heavy atom. The zero-order valence-corrected chi connectivity index (χ0v) is 14.2. The molecular weight excluding hydrogens is 323 g/mol. The van der Waals surface area contributed by atoms with Crippen molar-refractivity contribution in [2.75, 3.05) is 50.8 Å². The number of halogens is 2. The molecule has 6 heteroatoms.